The first kappa shape index (κ1) is 13.5. The van der Waals surface area contributed by atoms with Crippen LogP contribution >= 0.6 is 31.9 Å². The fraction of sp³-hybridized carbons (Fsp3) is 0.0769. The van der Waals surface area contributed by atoms with Crippen LogP contribution < -0.4 is 5.32 Å². The quantitative estimate of drug-likeness (QED) is 0.785. The van der Waals surface area contributed by atoms with Crippen molar-refractivity contribution in [3.63, 3.8) is 0 Å². The van der Waals surface area contributed by atoms with E-state index in [9.17, 15) is 8.78 Å². The number of hydrogen-bond acceptors (Lipinski definition) is 1. The molecule has 1 N–H and O–H groups in total. The molecule has 0 unspecified atom stereocenters. The average molecular weight is 377 g/mol. The molecular formula is C13H9Br2F2N. The molecule has 5 heteroatoms. The van der Waals surface area contributed by atoms with Gasteiger partial charge in [0.05, 0.1) is 10.2 Å². The van der Waals surface area contributed by atoms with Crippen LogP contribution in [0.4, 0.5) is 14.5 Å². The molecule has 0 atom stereocenters. The van der Waals surface area contributed by atoms with Crippen molar-refractivity contribution in [3.05, 3.63) is 62.5 Å². The van der Waals surface area contributed by atoms with Gasteiger partial charge < -0.3 is 5.32 Å². The van der Waals surface area contributed by atoms with Crippen LogP contribution in [0.5, 0.6) is 0 Å². The lowest BCUT2D eigenvalue weighted by atomic mass is 10.2. The predicted molar refractivity (Wildman–Crippen MR) is 75.5 cm³/mol. The summed E-state index contributed by atoms with van der Waals surface area (Å²) in [6.07, 6.45) is 0. The van der Waals surface area contributed by atoms with Crippen LogP contribution in [-0.2, 0) is 6.54 Å². The van der Waals surface area contributed by atoms with E-state index in [0.29, 0.717) is 21.2 Å². The zero-order valence-electron chi connectivity index (χ0n) is 9.18. The molecule has 0 aliphatic rings. The molecule has 2 aromatic rings. The number of benzene rings is 2. The highest BCUT2D eigenvalue weighted by molar-refractivity contribution is 9.10. The van der Waals surface area contributed by atoms with Crippen molar-refractivity contribution in [2.75, 3.05) is 5.32 Å². The van der Waals surface area contributed by atoms with E-state index in [0.717, 1.165) is 5.56 Å². The minimum atomic E-state index is -0.350. The molecule has 0 fully saturated rings. The summed E-state index contributed by atoms with van der Waals surface area (Å²) < 4.78 is 27.9. The second-order valence-electron chi connectivity index (χ2n) is 3.69. The molecule has 2 rings (SSSR count). The molecule has 94 valence electrons. The second-order valence-corrected chi connectivity index (χ2v) is 5.40. The summed E-state index contributed by atoms with van der Waals surface area (Å²) in [7, 11) is 0. The summed E-state index contributed by atoms with van der Waals surface area (Å²) in [6.45, 7) is 0.344. The molecule has 0 bridgehead atoms. The van der Waals surface area contributed by atoms with E-state index >= 15 is 0 Å². The van der Waals surface area contributed by atoms with E-state index in [1.54, 1.807) is 24.3 Å². The number of rotatable bonds is 3. The number of hydrogen-bond donors (Lipinski definition) is 1. The van der Waals surface area contributed by atoms with Crippen LogP contribution in [0.15, 0.2) is 45.3 Å². The Labute approximate surface area is 120 Å². The van der Waals surface area contributed by atoms with E-state index in [1.807, 2.05) is 0 Å². The van der Waals surface area contributed by atoms with E-state index in [2.05, 4.69) is 37.2 Å². The number of halogens is 4. The third kappa shape index (κ3) is 3.09. The molecule has 0 spiro atoms. The SMILES string of the molecule is Fc1cc(Br)ccc1NCc1cccc(F)c1Br. The van der Waals surface area contributed by atoms with Crippen LogP contribution in [0.3, 0.4) is 0 Å². The van der Waals surface area contributed by atoms with Gasteiger partial charge in [-0.05, 0) is 45.8 Å². The van der Waals surface area contributed by atoms with Crippen molar-refractivity contribution in [2.45, 2.75) is 6.54 Å². The topological polar surface area (TPSA) is 12.0 Å². The highest BCUT2D eigenvalue weighted by Crippen LogP contribution is 2.23. The highest BCUT2D eigenvalue weighted by atomic mass is 79.9. The average Bonchev–Trinajstić information content (AvgIpc) is 2.33. The summed E-state index contributed by atoms with van der Waals surface area (Å²) in [5.41, 5.74) is 1.12. The van der Waals surface area contributed by atoms with Crippen molar-refractivity contribution in [2.24, 2.45) is 0 Å². The fourth-order valence-corrected chi connectivity index (χ4v) is 2.25. The van der Waals surface area contributed by atoms with Crippen molar-refractivity contribution in [1.82, 2.24) is 0 Å². The lowest BCUT2D eigenvalue weighted by Gasteiger charge is -2.09. The van der Waals surface area contributed by atoms with Gasteiger partial charge in [0, 0.05) is 11.0 Å². The van der Waals surface area contributed by atoms with Gasteiger partial charge in [-0.15, -0.1) is 0 Å². The summed E-state index contributed by atoms with van der Waals surface area (Å²) in [6, 6.07) is 9.52. The van der Waals surface area contributed by atoms with Crippen LogP contribution in [-0.4, -0.2) is 0 Å². The third-order valence-corrected chi connectivity index (χ3v) is 3.81. The predicted octanol–water partition coefficient (Wildman–Crippen LogP) is 5.10. The molecule has 0 amide bonds. The summed E-state index contributed by atoms with van der Waals surface area (Å²) in [4.78, 5) is 0. The molecular weight excluding hydrogens is 368 g/mol. The van der Waals surface area contributed by atoms with Gasteiger partial charge in [-0.3, -0.25) is 0 Å². The Kier molecular flexibility index (Phi) is 4.35. The molecule has 0 aromatic heterocycles. The zero-order chi connectivity index (χ0) is 13.1. The van der Waals surface area contributed by atoms with E-state index in [1.165, 1.54) is 12.1 Å². The molecule has 0 saturated heterocycles. The number of anilines is 1. The van der Waals surface area contributed by atoms with Crippen LogP contribution in [0.25, 0.3) is 0 Å². The first-order chi connectivity index (χ1) is 8.58. The minimum Gasteiger partial charge on any atom is -0.379 e. The maximum Gasteiger partial charge on any atom is 0.147 e. The largest absolute Gasteiger partial charge is 0.379 e. The van der Waals surface area contributed by atoms with Gasteiger partial charge >= 0.3 is 0 Å². The summed E-state index contributed by atoms with van der Waals surface area (Å²) in [5.74, 6) is -0.678. The van der Waals surface area contributed by atoms with Crippen molar-refractivity contribution in [1.29, 1.82) is 0 Å². The molecule has 18 heavy (non-hydrogen) atoms. The van der Waals surface area contributed by atoms with Gasteiger partial charge in [-0.2, -0.15) is 0 Å². The monoisotopic (exact) mass is 375 g/mol. The molecule has 0 aliphatic carbocycles. The molecule has 0 aliphatic heterocycles. The van der Waals surface area contributed by atoms with Gasteiger partial charge in [0.2, 0.25) is 0 Å². The van der Waals surface area contributed by atoms with E-state index in [-0.39, 0.29) is 11.6 Å². The Morgan fingerprint density at radius 2 is 1.78 bits per heavy atom. The van der Waals surface area contributed by atoms with Crippen LogP contribution in [0.2, 0.25) is 0 Å². The highest BCUT2D eigenvalue weighted by Gasteiger charge is 2.06. The van der Waals surface area contributed by atoms with Gasteiger partial charge in [0.15, 0.2) is 0 Å². The molecule has 2 aromatic carbocycles. The third-order valence-electron chi connectivity index (χ3n) is 2.43. The Hall–Kier alpha value is -0.940. The smallest absolute Gasteiger partial charge is 0.147 e. The van der Waals surface area contributed by atoms with Gasteiger partial charge in [-0.1, -0.05) is 28.1 Å². The standard InChI is InChI=1S/C13H9Br2F2N/c14-9-4-5-12(11(17)6-9)18-7-8-2-1-3-10(16)13(8)15/h1-6,18H,7H2. The lowest BCUT2D eigenvalue weighted by Crippen LogP contribution is -2.02. The Balaban J connectivity index is 2.14. The van der Waals surface area contributed by atoms with Crippen LogP contribution in [0, 0.1) is 11.6 Å². The van der Waals surface area contributed by atoms with Gasteiger partial charge in [0.1, 0.15) is 11.6 Å². The summed E-state index contributed by atoms with van der Waals surface area (Å²) >= 11 is 6.36. The normalized spacial score (nSPS) is 10.4. The molecule has 0 saturated carbocycles. The second kappa shape index (κ2) is 5.80. The zero-order valence-corrected chi connectivity index (χ0v) is 12.4. The van der Waals surface area contributed by atoms with Gasteiger partial charge in [-0.25, -0.2) is 8.78 Å². The van der Waals surface area contributed by atoms with Crippen molar-refractivity contribution >= 4 is 37.5 Å². The molecule has 0 heterocycles. The Morgan fingerprint density at radius 3 is 2.50 bits per heavy atom. The molecule has 1 nitrogen and oxygen atoms in total. The summed E-state index contributed by atoms with van der Waals surface area (Å²) in [5, 5.41) is 2.93. The van der Waals surface area contributed by atoms with E-state index < -0.39 is 0 Å². The van der Waals surface area contributed by atoms with Crippen LogP contribution in [0.1, 0.15) is 5.56 Å². The maximum atomic E-state index is 13.6. The lowest BCUT2D eigenvalue weighted by molar-refractivity contribution is 0.618. The fourth-order valence-electron chi connectivity index (χ4n) is 1.51. The maximum absolute atomic E-state index is 13.6. The first-order valence-corrected chi connectivity index (χ1v) is 6.78. The first-order valence-electron chi connectivity index (χ1n) is 5.20. The molecule has 0 radical (unpaired) electrons. The Morgan fingerprint density at radius 1 is 1.00 bits per heavy atom. The van der Waals surface area contributed by atoms with Crippen molar-refractivity contribution < 1.29 is 8.78 Å². The number of nitrogens with one attached hydrogen (secondary N) is 1. The van der Waals surface area contributed by atoms with Gasteiger partial charge in [0.25, 0.3) is 0 Å². The van der Waals surface area contributed by atoms with Crippen molar-refractivity contribution in [3.8, 4) is 0 Å². The Bertz CT molecular complexity index is 573. The van der Waals surface area contributed by atoms with E-state index in [4.69, 9.17) is 0 Å². The minimum absolute atomic E-state index is 0.328.